The minimum absolute atomic E-state index is 0.306. The summed E-state index contributed by atoms with van der Waals surface area (Å²) in [5.74, 6) is 1.66. The van der Waals surface area contributed by atoms with Crippen molar-refractivity contribution >= 4 is 17.3 Å². The molecule has 1 saturated heterocycles. The molecule has 3 rings (SSSR count). The van der Waals surface area contributed by atoms with E-state index in [4.69, 9.17) is 14.5 Å². The van der Waals surface area contributed by atoms with Gasteiger partial charge in [0.05, 0.1) is 25.8 Å². The number of morpholine rings is 1. The average molecular weight is 429 g/mol. The van der Waals surface area contributed by atoms with Gasteiger partial charge in [-0.2, -0.15) is 0 Å². The normalized spacial score (nSPS) is 16.1. The number of aliphatic imine (C=N–C) groups is 1. The molecule has 0 aliphatic carbocycles. The highest BCUT2D eigenvalue weighted by Gasteiger charge is 2.23. The molecule has 0 spiro atoms. The van der Waals surface area contributed by atoms with E-state index in [1.165, 1.54) is 4.88 Å². The molecular weight excluding hydrogens is 396 g/mol. The molecule has 2 aromatic rings. The van der Waals surface area contributed by atoms with Gasteiger partial charge in [0.1, 0.15) is 12.4 Å². The van der Waals surface area contributed by atoms with Gasteiger partial charge in [0.15, 0.2) is 5.96 Å². The van der Waals surface area contributed by atoms with Crippen LogP contribution in [0.1, 0.15) is 23.4 Å². The van der Waals surface area contributed by atoms with Crippen molar-refractivity contribution in [3.05, 3.63) is 64.9 Å². The number of rotatable bonds is 10. The van der Waals surface area contributed by atoms with Crippen molar-refractivity contribution in [2.45, 2.75) is 19.5 Å². The Hall–Kier alpha value is -2.35. The predicted molar refractivity (Wildman–Crippen MR) is 124 cm³/mol. The summed E-state index contributed by atoms with van der Waals surface area (Å²) in [5, 5.41) is 9.05. The van der Waals surface area contributed by atoms with E-state index in [1.807, 2.05) is 24.3 Å². The van der Waals surface area contributed by atoms with Crippen LogP contribution in [0.4, 0.5) is 0 Å². The van der Waals surface area contributed by atoms with E-state index in [1.54, 1.807) is 17.4 Å². The fourth-order valence-corrected chi connectivity index (χ4v) is 4.26. The molecule has 1 fully saturated rings. The highest BCUT2D eigenvalue weighted by Crippen LogP contribution is 2.25. The molecule has 1 aliphatic rings. The van der Waals surface area contributed by atoms with E-state index in [0.29, 0.717) is 19.2 Å². The van der Waals surface area contributed by atoms with Gasteiger partial charge in [-0.1, -0.05) is 36.9 Å². The van der Waals surface area contributed by atoms with Crippen LogP contribution >= 0.6 is 11.3 Å². The second-order valence-electron chi connectivity index (χ2n) is 6.96. The van der Waals surface area contributed by atoms with E-state index in [0.717, 1.165) is 56.7 Å². The first-order valence-corrected chi connectivity index (χ1v) is 11.4. The molecule has 2 heterocycles. The fraction of sp³-hybridized carbons (Fsp3) is 0.435. The second kappa shape index (κ2) is 12.4. The zero-order valence-electron chi connectivity index (χ0n) is 17.7. The Bertz CT molecular complexity index is 788. The molecule has 6 nitrogen and oxygen atoms in total. The number of nitrogens with zero attached hydrogens (tertiary/aromatic N) is 2. The van der Waals surface area contributed by atoms with Gasteiger partial charge in [-0.25, -0.2) is 4.99 Å². The smallest absolute Gasteiger partial charge is 0.191 e. The third-order valence-electron chi connectivity index (χ3n) is 4.90. The van der Waals surface area contributed by atoms with E-state index in [9.17, 15) is 0 Å². The van der Waals surface area contributed by atoms with Crippen LogP contribution in [0.5, 0.6) is 5.75 Å². The molecule has 2 N–H and O–H groups in total. The zero-order valence-corrected chi connectivity index (χ0v) is 18.5. The molecule has 1 unspecified atom stereocenters. The molecule has 0 radical (unpaired) electrons. The number of para-hydroxylation sites is 1. The number of hydrogen-bond donors (Lipinski definition) is 2. The lowest BCUT2D eigenvalue weighted by Gasteiger charge is -2.34. The van der Waals surface area contributed by atoms with Gasteiger partial charge >= 0.3 is 0 Å². The SMILES string of the molecule is C=CCOc1ccccc1CN=C(NCC)NCC(c1cccs1)N1CCOCC1. The van der Waals surface area contributed by atoms with Crippen molar-refractivity contribution in [1.82, 2.24) is 15.5 Å². The maximum absolute atomic E-state index is 5.76. The summed E-state index contributed by atoms with van der Waals surface area (Å²) < 4.78 is 11.3. The number of ether oxygens (including phenoxy) is 2. The molecule has 1 aliphatic heterocycles. The first-order valence-electron chi connectivity index (χ1n) is 10.5. The van der Waals surface area contributed by atoms with Gasteiger partial charge in [-0.3, -0.25) is 4.90 Å². The summed E-state index contributed by atoms with van der Waals surface area (Å²) in [6, 6.07) is 12.6. The quantitative estimate of drug-likeness (QED) is 0.345. The van der Waals surface area contributed by atoms with Crippen molar-refractivity contribution in [2.24, 2.45) is 4.99 Å². The van der Waals surface area contributed by atoms with Crippen molar-refractivity contribution in [3.8, 4) is 5.75 Å². The van der Waals surface area contributed by atoms with Crippen LogP contribution in [0, 0.1) is 0 Å². The molecule has 1 aromatic carbocycles. The summed E-state index contributed by atoms with van der Waals surface area (Å²) in [6.07, 6.45) is 1.75. The third-order valence-corrected chi connectivity index (χ3v) is 5.88. The van der Waals surface area contributed by atoms with Crippen LogP contribution in [-0.4, -0.2) is 56.9 Å². The largest absolute Gasteiger partial charge is 0.489 e. The topological polar surface area (TPSA) is 58.1 Å². The summed E-state index contributed by atoms with van der Waals surface area (Å²) in [6.45, 7) is 11.9. The van der Waals surface area contributed by atoms with Crippen molar-refractivity contribution < 1.29 is 9.47 Å². The van der Waals surface area contributed by atoms with E-state index >= 15 is 0 Å². The summed E-state index contributed by atoms with van der Waals surface area (Å²) in [4.78, 5) is 8.65. The Balaban J connectivity index is 1.67. The standard InChI is InChI=1S/C23H32N4O2S/c1-3-13-29-21-9-6-5-8-19(21)17-25-23(24-4-2)26-18-20(22-10-7-16-30-22)27-11-14-28-15-12-27/h3,5-10,16,20H,1,4,11-15,17-18H2,2H3,(H2,24,25,26). The lowest BCUT2D eigenvalue weighted by Crippen LogP contribution is -2.46. The van der Waals surface area contributed by atoms with Crippen molar-refractivity contribution in [2.75, 3.05) is 46.0 Å². The molecule has 30 heavy (non-hydrogen) atoms. The monoisotopic (exact) mass is 428 g/mol. The lowest BCUT2D eigenvalue weighted by atomic mass is 10.2. The minimum Gasteiger partial charge on any atom is -0.489 e. The molecule has 7 heteroatoms. The molecule has 1 aromatic heterocycles. The van der Waals surface area contributed by atoms with Gasteiger partial charge in [0, 0.05) is 36.6 Å². The highest BCUT2D eigenvalue weighted by atomic mass is 32.1. The molecule has 0 saturated carbocycles. The highest BCUT2D eigenvalue weighted by molar-refractivity contribution is 7.10. The predicted octanol–water partition coefficient (Wildman–Crippen LogP) is 3.44. The van der Waals surface area contributed by atoms with Gasteiger partial charge in [-0.05, 0) is 24.4 Å². The van der Waals surface area contributed by atoms with Crippen LogP contribution < -0.4 is 15.4 Å². The Morgan fingerprint density at radius 2 is 2.10 bits per heavy atom. The maximum Gasteiger partial charge on any atom is 0.191 e. The maximum atomic E-state index is 5.76. The minimum atomic E-state index is 0.306. The first-order chi connectivity index (χ1) is 14.8. The van der Waals surface area contributed by atoms with Gasteiger partial charge in [-0.15, -0.1) is 11.3 Å². The van der Waals surface area contributed by atoms with Crippen LogP contribution in [-0.2, 0) is 11.3 Å². The van der Waals surface area contributed by atoms with Gasteiger partial charge in [0.2, 0.25) is 0 Å². The van der Waals surface area contributed by atoms with Crippen molar-refractivity contribution in [3.63, 3.8) is 0 Å². The second-order valence-corrected chi connectivity index (χ2v) is 7.94. The number of nitrogens with one attached hydrogen (secondary N) is 2. The van der Waals surface area contributed by atoms with Crippen LogP contribution in [0.15, 0.2) is 59.4 Å². The van der Waals surface area contributed by atoms with E-state index < -0.39 is 0 Å². The number of benzene rings is 1. The number of thiophene rings is 1. The zero-order chi connectivity index (χ0) is 21.0. The fourth-order valence-electron chi connectivity index (χ4n) is 3.40. The van der Waals surface area contributed by atoms with Crippen LogP contribution in [0.25, 0.3) is 0 Å². The Kier molecular flexibility index (Phi) is 9.21. The molecular formula is C23H32N4O2S. The lowest BCUT2D eigenvalue weighted by molar-refractivity contribution is 0.0177. The van der Waals surface area contributed by atoms with E-state index in [2.05, 4.69) is 46.5 Å². The molecule has 162 valence electrons. The average Bonchev–Trinajstić information content (AvgIpc) is 3.32. The number of guanidine groups is 1. The molecule has 0 bridgehead atoms. The Morgan fingerprint density at radius 3 is 2.83 bits per heavy atom. The van der Waals surface area contributed by atoms with Crippen LogP contribution in [0.3, 0.4) is 0 Å². The first kappa shape index (κ1) is 22.3. The Morgan fingerprint density at radius 1 is 1.27 bits per heavy atom. The number of hydrogen-bond acceptors (Lipinski definition) is 5. The van der Waals surface area contributed by atoms with Gasteiger partial charge < -0.3 is 20.1 Å². The van der Waals surface area contributed by atoms with Crippen LogP contribution in [0.2, 0.25) is 0 Å². The summed E-state index contributed by atoms with van der Waals surface area (Å²) in [7, 11) is 0. The summed E-state index contributed by atoms with van der Waals surface area (Å²) in [5.41, 5.74) is 1.06. The summed E-state index contributed by atoms with van der Waals surface area (Å²) >= 11 is 1.80. The Labute approximate surface area is 183 Å². The third kappa shape index (κ3) is 6.58. The van der Waals surface area contributed by atoms with Gasteiger partial charge in [0.25, 0.3) is 0 Å². The van der Waals surface area contributed by atoms with Crippen molar-refractivity contribution in [1.29, 1.82) is 0 Å². The van der Waals surface area contributed by atoms with E-state index in [-0.39, 0.29) is 0 Å². The molecule has 1 atom stereocenters. The molecule has 0 amide bonds.